The summed E-state index contributed by atoms with van der Waals surface area (Å²) in [6.07, 6.45) is -0.540. The molecule has 166 valence electrons. The highest BCUT2D eigenvalue weighted by atomic mass is 16.5. The fraction of sp³-hybridized carbons (Fsp3) is 0.440. The van der Waals surface area contributed by atoms with Crippen LogP contribution in [-0.2, 0) is 9.53 Å². The third-order valence-corrected chi connectivity index (χ3v) is 5.70. The highest BCUT2D eigenvalue weighted by Crippen LogP contribution is 2.29. The summed E-state index contributed by atoms with van der Waals surface area (Å²) in [6.45, 7) is 8.70. The molecule has 2 aromatic carbocycles. The second-order valence-corrected chi connectivity index (χ2v) is 8.17. The first-order chi connectivity index (χ1) is 15.0. The molecule has 0 bridgehead atoms. The fourth-order valence-corrected chi connectivity index (χ4v) is 4.10. The van der Waals surface area contributed by atoms with Crippen LogP contribution < -0.4 is 5.32 Å². The molecule has 0 saturated carbocycles. The van der Waals surface area contributed by atoms with Crippen LogP contribution in [0.25, 0.3) is 0 Å². The van der Waals surface area contributed by atoms with Crippen molar-refractivity contribution in [3.63, 3.8) is 0 Å². The number of carbonyl (C=O) groups is 2. The van der Waals surface area contributed by atoms with Crippen molar-refractivity contribution < 1.29 is 14.3 Å². The van der Waals surface area contributed by atoms with E-state index < -0.39 is 12.1 Å². The van der Waals surface area contributed by atoms with Gasteiger partial charge in [-0.05, 0) is 24.0 Å². The molecule has 1 aliphatic rings. The molecule has 2 aromatic rings. The number of alkyl carbamates (subject to hydrolysis) is 1. The molecule has 3 rings (SSSR count). The van der Waals surface area contributed by atoms with Gasteiger partial charge in [-0.2, -0.15) is 0 Å². The van der Waals surface area contributed by atoms with Gasteiger partial charge in [0.1, 0.15) is 6.04 Å². The van der Waals surface area contributed by atoms with E-state index in [2.05, 4.69) is 58.7 Å². The van der Waals surface area contributed by atoms with Gasteiger partial charge in [-0.1, -0.05) is 74.5 Å². The number of carbonyl (C=O) groups excluding carboxylic acids is 2. The van der Waals surface area contributed by atoms with Gasteiger partial charge >= 0.3 is 6.09 Å². The maximum absolute atomic E-state index is 13.1. The normalized spacial score (nSPS) is 15.7. The van der Waals surface area contributed by atoms with Crippen LogP contribution in [0.1, 0.15) is 37.9 Å². The summed E-state index contributed by atoms with van der Waals surface area (Å²) in [4.78, 5) is 29.3. The van der Waals surface area contributed by atoms with E-state index in [-0.39, 0.29) is 24.5 Å². The molecule has 6 heteroatoms. The van der Waals surface area contributed by atoms with Crippen LogP contribution in [0.2, 0.25) is 0 Å². The summed E-state index contributed by atoms with van der Waals surface area (Å²) in [5.41, 5.74) is 2.50. The van der Waals surface area contributed by atoms with Crippen LogP contribution in [0, 0.1) is 5.92 Å². The van der Waals surface area contributed by atoms with Gasteiger partial charge in [0.05, 0.1) is 12.6 Å². The third-order valence-electron chi connectivity index (χ3n) is 5.70. The van der Waals surface area contributed by atoms with Gasteiger partial charge in [0.25, 0.3) is 0 Å². The monoisotopic (exact) mass is 423 g/mol. The Morgan fingerprint density at radius 2 is 1.42 bits per heavy atom. The number of benzene rings is 2. The molecule has 31 heavy (non-hydrogen) atoms. The van der Waals surface area contributed by atoms with Gasteiger partial charge in [0, 0.05) is 26.2 Å². The first-order valence-corrected chi connectivity index (χ1v) is 11.1. The molecule has 1 saturated heterocycles. The molecule has 1 aliphatic heterocycles. The molecule has 0 radical (unpaired) electrons. The van der Waals surface area contributed by atoms with Gasteiger partial charge in [-0.25, -0.2) is 4.79 Å². The zero-order valence-electron chi connectivity index (χ0n) is 18.7. The minimum absolute atomic E-state index is 0.0173. The number of rotatable bonds is 7. The Balaban J connectivity index is 1.70. The zero-order chi connectivity index (χ0) is 22.2. The minimum Gasteiger partial charge on any atom is -0.450 e. The lowest BCUT2D eigenvalue weighted by Gasteiger charge is -2.41. The van der Waals surface area contributed by atoms with Crippen LogP contribution in [0.4, 0.5) is 4.79 Å². The summed E-state index contributed by atoms with van der Waals surface area (Å²) in [5.74, 6) is -0.0602. The van der Waals surface area contributed by atoms with E-state index in [4.69, 9.17) is 4.74 Å². The van der Waals surface area contributed by atoms with Gasteiger partial charge < -0.3 is 15.0 Å². The van der Waals surface area contributed by atoms with E-state index in [9.17, 15) is 9.59 Å². The largest absolute Gasteiger partial charge is 0.450 e. The van der Waals surface area contributed by atoms with Gasteiger partial charge in [0.15, 0.2) is 0 Å². The van der Waals surface area contributed by atoms with E-state index in [0.717, 1.165) is 13.1 Å². The molecule has 1 atom stereocenters. The van der Waals surface area contributed by atoms with Gasteiger partial charge in [-0.3, -0.25) is 9.69 Å². The Hall–Kier alpha value is -2.86. The summed E-state index contributed by atoms with van der Waals surface area (Å²) >= 11 is 0. The lowest BCUT2D eigenvalue weighted by Crippen LogP contribution is -2.56. The number of hydrogen-bond acceptors (Lipinski definition) is 4. The van der Waals surface area contributed by atoms with E-state index in [1.54, 1.807) is 6.92 Å². The SMILES string of the molecule is CCOC(=O)NC(C(=O)N1CCN(C(c2ccccc2)c2ccccc2)CC1)C(C)C. The Kier molecular flexibility index (Phi) is 8.06. The second-order valence-electron chi connectivity index (χ2n) is 8.17. The van der Waals surface area contributed by atoms with Crippen LogP contribution in [0.5, 0.6) is 0 Å². The summed E-state index contributed by atoms with van der Waals surface area (Å²) in [5, 5.41) is 2.73. The molecule has 1 unspecified atom stereocenters. The Labute approximate surface area is 185 Å². The van der Waals surface area contributed by atoms with Crippen LogP contribution in [0.3, 0.4) is 0 Å². The summed E-state index contributed by atoms with van der Waals surface area (Å²) in [7, 11) is 0. The number of nitrogens with one attached hydrogen (secondary N) is 1. The Morgan fingerprint density at radius 1 is 0.903 bits per heavy atom. The first kappa shape index (κ1) is 22.8. The molecular weight excluding hydrogens is 390 g/mol. The van der Waals surface area contributed by atoms with Gasteiger partial charge in [-0.15, -0.1) is 0 Å². The molecule has 6 nitrogen and oxygen atoms in total. The molecule has 2 amide bonds. The maximum atomic E-state index is 13.1. The molecular formula is C25H33N3O3. The standard InChI is InChI=1S/C25H33N3O3/c1-4-31-25(30)26-22(19(2)3)24(29)28-17-15-27(16-18-28)23(20-11-7-5-8-12-20)21-13-9-6-10-14-21/h5-14,19,22-23H,4,15-18H2,1-3H3,(H,26,30). The van der Waals surface area contributed by atoms with Crippen LogP contribution in [-0.4, -0.2) is 60.6 Å². The van der Waals surface area contributed by atoms with E-state index in [1.165, 1.54) is 11.1 Å². The predicted molar refractivity (Wildman–Crippen MR) is 122 cm³/mol. The first-order valence-electron chi connectivity index (χ1n) is 11.1. The fourth-order valence-electron chi connectivity index (χ4n) is 4.10. The smallest absolute Gasteiger partial charge is 0.407 e. The van der Waals surface area contributed by atoms with E-state index in [1.807, 2.05) is 30.9 Å². The Morgan fingerprint density at radius 3 is 1.87 bits per heavy atom. The summed E-state index contributed by atoms with van der Waals surface area (Å²) < 4.78 is 4.98. The number of hydrogen-bond donors (Lipinski definition) is 1. The second kappa shape index (κ2) is 11.0. The lowest BCUT2D eigenvalue weighted by atomic mass is 9.96. The van der Waals surface area contributed by atoms with Crippen molar-refractivity contribution in [1.82, 2.24) is 15.1 Å². The summed E-state index contributed by atoms with van der Waals surface area (Å²) in [6, 6.07) is 20.6. The van der Waals surface area contributed by atoms with Crippen molar-refractivity contribution in [3.05, 3.63) is 71.8 Å². The predicted octanol–water partition coefficient (Wildman–Crippen LogP) is 3.69. The molecule has 1 fully saturated rings. The van der Waals surface area contributed by atoms with Crippen LogP contribution >= 0.6 is 0 Å². The van der Waals surface area contributed by atoms with Gasteiger partial charge in [0.2, 0.25) is 5.91 Å². The number of nitrogens with zero attached hydrogens (tertiary/aromatic N) is 2. The van der Waals surface area contributed by atoms with Crippen molar-refractivity contribution in [2.45, 2.75) is 32.9 Å². The maximum Gasteiger partial charge on any atom is 0.407 e. The van der Waals surface area contributed by atoms with Crippen molar-refractivity contribution >= 4 is 12.0 Å². The van der Waals surface area contributed by atoms with Crippen molar-refractivity contribution in [2.75, 3.05) is 32.8 Å². The highest BCUT2D eigenvalue weighted by Gasteiger charge is 2.33. The van der Waals surface area contributed by atoms with Crippen molar-refractivity contribution in [2.24, 2.45) is 5.92 Å². The lowest BCUT2D eigenvalue weighted by molar-refractivity contribution is -0.136. The van der Waals surface area contributed by atoms with Crippen LogP contribution in [0.15, 0.2) is 60.7 Å². The molecule has 0 aromatic heterocycles. The average Bonchev–Trinajstić information content (AvgIpc) is 2.79. The Bertz CT molecular complexity index is 794. The van der Waals surface area contributed by atoms with Crippen molar-refractivity contribution in [3.8, 4) is 0 Å². The third kappa shape index (κ3) is 5.85. The zero-order valence-corrected chi connectivity index (χ0v) is 18.7. The minimum atomic E-state index is -0.579. The molecule has 1 N–H and O–H groups in total. The van der Waals surface area contributed by atoms with Crippen molar-refractivity contribution in [1.29, 1.82) is 0 Å². The number of piperazine rings is 1. The number of ether oxygens (including phenoxy) is 1. The number of amides is 2. The van der Waals surface area contributed by atoms with E-state index >= 15 is 0 Å². The molecule has 0 spiro atoms. The van der Waals surface area contributed by atoms with E-state index in [0.29, 0.717) is 13.1 Å². The molecule has 0 aliphatic carbocycles. The topological polar surface area (TPSA) is 61.9 Å². The highest BCUT2D eigenvalue weighted by molar-refractivity contribution is 5.86. The average molecular weight is 424 g/mol. The quantitative estimate of drug-likeness (QED) is 0.738. The molecule has 1 heterocycles.